The van der Waals surface area contributed by atoms with Crippen molar-refractivity contribution in [3.63, 3.8) is 0 Å². The molecule has 0 bridgehead atoms. The Bertz CT molecular complexity index is 1320. The standard InChI is InChI=1S/C28H32N6O/c1-2-3-11-24-20-33(18-21-9-5-4-6-10-21)28(35)34(24)19-22-14-16-23(17-15-22)25-12-7-8-13-26(25)27-29-31-32-30-27/h3,7-8,11-17,20-21H,2,4-6,9-10,18-19H2,1H3,(H,29,30,31,32)/b11-3+. The highest BCUT2D eigenvalue weighted by molar-refractivity contribution is 5.80. The van der Waals surface area contributed by atoms with E-state index >= 15 is 0 Å². The van der Waals surface area contributed by atoms with E-state index in [1.807, 2.05) is 33.5 Å². The number of allylic oxidation sites excluding steroid dienone is 1. The van der Waals surface area contributed by atoms with Crippen LogP contribution in [0.15, 0.2) is 65.6 Å². The van der Waals surface area contributed by atoms with E-state index in [2.05, 4.69) is 70.0 Å². The van der Waals surface area contributed by atoms with Crippen LogP contribution in [0.4, 0.5) is 0 Å². The average Bonchev–Trinajstić information content (AvgIpc) is 3.54. The zero-order valence-corrected chi connectivity index (χ0v) is 20.2. The van der Waals surface area contributed by atoms with Gasteiger partial charge >= 0.3 is 5.69 Å². The van der Waals surface area contributed by atoms with Crippen LogP contribution < -0.4 is 5.69 Å². The zero-order valence-electron chi connectivity index (χ0n) is 20.2. The van der Waals surface area contributed by atoms with Gasteiger partial charge in [-0.3, -0.25) is 9.13 Å². The molecular weight excluding hydrogens is 436 g/mol. The fraction of sp³-hybridized carbons (Fsp3) is 0.357. The van der Waals surface area contributed by atoms with Crippen LogP contribution in [0.25, 0.3) is 28.6 Å². The van der Waals surface area contributed by atoms with Crippen LogP contribution in [0.2, 0.25) is 0 Å². The molecule has 1 aliphatic rings. The minimum Gasteiger partial charge on any atom is -0.298 e. The molecule has 1 aliphatic carbocycles. The molecule has 7 heteroatoms. The van der Waals surface area contributed by atoms with E-state index in [1.54, 1.807) is 0 Å². The van der Waals surface area contributed by atoms with Gasteiger partial charge in [0.15, 0.2) is 0 Å². The molecule has 1 saturated carbocycles. The second kappa shape index (κ2) is 10.7. The first-order chi connectivity index (χ1) is 17.2. The summed E-state index contributed by atoms with van der Waals surface area (Å²) < 4.78 is 3.83. The zero-order chi connectivity index (χ0) is 24.0. The van der Waals surface area contributed by atoms with Crippen LogP contribution >= 0.6 is 0 Å². The highest BCUT2D eigenvalue weighted by Crippen LogP contribution is 2.30. The van der Waals surface area contributed by atoms with Gasteiger partial charge in [-0.2, -0.15) is 5.21 Å². The number of aromatic amines is 1. The molecule has 5 rings (SSSR count). The number of benzene rings is 2. The number of hydrogen-bond donors (Lipinski definition) is 1. The summed E-state index contributed by atoms with van der Waals surface area (Å²) in [6.07, 6.45) is 13.5. The van der Waals surface area contributed by atoms with Crippen molar-refractivity contribution in [1.82, 2.24) is 29.8 Å². The van der Waals surface area contributed by atoms with Gasteiger partial charge in [-0.15, -0.1) is 10.2 Å². The van der Waals surface area contributed by atoms with Crippen molar-refractivity contribution in [2.24, 2.45) is 5.92 Å². The quantitative estimate of drug-likeness (QED) is 0.368. The number of imidazole rings is 1. The van der Waals surface area contributed by atoms with E-state index in [0.717, 1.165) is 40.9 Å². The summed E-state index contributed by atoms with van der Waals surface area (Å²) in [5.74, 6) is 1.18. The third-order valence-corrected chi connectivity index (χ3v) is 6.90. The number of nitrogens with one attached hydrogen (secondary N) is 1. The van der Waals surface area contributed by atoms with Crippen LogP contribution in [0.5, 0.6) is 0 Å². The molecule has 7 nitrogen and oxygen atoms in total. The van der Waals surface area contributed by atoms with E-state index in [4.69, 9.17) is 0 Å². The molecule has 180 valence electrons. The molecule has 1 fully saturated rings. The van der Waals surface area contributed by atoms with Crippen LogP contribution in [0.1, 0.15) is 56.7 Å². The molecule has 2 aromatic carbocycles. The summed E-state index contributed by atoms with van der Waals surface area (Å²) in [5, 5.41) is 14.5. The number of nitrogens with zero attached hydrogens (tertiary/aromatic N) is 5. The lowest BCUT2D eigenvalue weighted by atomic mass is 9.89. The Morgan fingerprint density at radius 2 is 1.80 bits per heavy atom. The number of aromatic nitrogens is 6. The lowest BCUT2D eigenvalue weighted by molar-refractivity contribution is 0.315. The number of H-pyrrole nitrogens is 1. The summed E-state index contributed by atoms with van der Waals surface area (Å²) in [4.78, 5) is 13.4. The number of tetrazole rings is 1. The van der Waals surface area contributed by atoms with Crippen molar-refractivity contribution >= 4 is 6.08 Å². The first kappa shape index (κ1) is 23.0. The predicted octanol–water partition coefficient (Wildman–Crippen LogP) is 5.55. The fourth-order valence-corrected chi connectivity index (χ4v) is 5.04. The molecule has 0 spiro atoms. The third-order valence-electron chi connectivity index (χ3n) is 6.90. The van der Waals surface area contributed by atoms with Crippen molar-refractivity contribution in [3.05, 3.63) is 82.5 Å². The topological polar surface area (TPSA) is 81.4 Å². The molecule has 0 saturated heterocycles. The maximum atomic E-state index is 13.4. The lowest BCUT2D eigenvalue weighted by Crippen LogP contribution is -2.28. The molecule has 2 aromatic heterocycles. The summed E-state index contributed by atoms with van der Waals surface area (Å²) in [6.45, 7) is 3.49. The third kappa shape index (κ3) is 5.19. The predicted molar refractivity (Wildman–Crippen MR) is 139 cm³/mol. The molecule has 0 unspecified atom stereocenters. The van der Waals surface area contributed by atoms with Crippen LogP contribution in [-0.4, -0.2) is 29.8 Å². The molecule has 0 radical (unpaired) electrons. The van der Waals surface area contributed by atoms with E-state index in [1.165, 1.54) is 32.1 Å². The Morgan fingerprint density at radius 1 is 1.03 bits per heavy atom. The molecule has 0 aliphatic heterocycles. The smallest absolute Gasteiger partial charge is 0.298 e. The molecule has 0 amide bonds. The van der Waals surface area contributed by atoms with Crippen molar-refractivity contribution in [2.75, 3.05) is 0 Å². The molecule has 2 heterocycles. The number of rotatable bonds is 8. The maximum Gasteiger partial charge on any atom is 0.328 e. The van der Waals surface area contributed by atoms with Crippen molar-refractivity contribution in [2.45, 2.75) is 58.5 Å². The minimum atomic E-state index is 0.0813. The average molecular weight is 469 g/mol. The second-order valence-corrected chi connectivity index (χ2v) is 9.37. The molecule has 4 aromatic rings. The van der Waals surface area contributed by atoms with Gasteiger partial charge in [0.1, 0.15) is 0 Å². The fourth-order valence-electron chi connectivity index (χ4n) is 5.04. The summed E-state index contributed by atoms with van der Waals surface area (Å²) in [7, 11) is 0. The minimum absolute atomic E-state index is 0.0813. The highest BCUT2D eigenvalue weighted by atomic mass is 16.1. The van der Waals surface area contributed by atoms with Crippen molar-refractivity contribution in [3.8, 4) is 22.5 Å². The number of hydrogen-bond acceptors (Lipinski definition) is 4. The Balaban J connectivity index is 1.40. The lowest BCUT2D eigenvalue weighted by Gasteiger charge is -2.21. The Morgan fingerprint density at radius 3 is 2.51 bits per heavy atom. The second-order valence-electron chi connectivity index (χ2n) is 9.37. The van der Waals surface area contributed by atoms with Crippen molar-refractivity contribution < 1.29 is 0 Å². The van der Waals surface area contributed by atoms with Crippen molar-refractivity contribution in [1.29, 1.82) is 0 Å². The Kier molecular flexibility index (Phi) is 7.02. The van der Waals surface area contributed by atoms with E-state index in [0.29, 0.717) is 18.3 Å². The van der Waals surface area contributed by atoms with Crippen LogP contribution in [0, 0.1) is 5.92 Å². The maximum absolute atomic E-state index is 13.4. The van der Waals surface area contributed by atoms with Gasteiger partial charge in [0.25, 0.3) is 0 Å². The van der Waals surface area contributed by atoms with E-state index in [-0.39, 0.29) is 5.69 Å². The Hall–Kier alpha value is -3.74. The summed E-state index contributed by atoms with van der Waals surface area (Å²) in [5.41, 5.74) is 5.19. The summed E-state index contributed by atoms with van der Waals surface area (Å²) >= 11 is 0. The normalized spacial score (nSPS) is 14.7. The highest BCUT2D eigenvalue weighted by Gasteiger charge is 2.17. The SMILES string of the molecule is CC/C=C/c1cn(CC2CCCCC2)c(=O)n1Cc1ccc(-c2ccccc2-c2nn[nH]n2)cc1. The van der Waals surface area contributed by atoms with Gasteiger partial charge in [0, 0.05) is 18.3 Å². The molecule has 0 atom stereocenters. The van der Waals surface area contributed by atoms with Gasteiger partial charge < -0.3 is 0 Å². The molecule has 35 heavy (non-hydrogen) atoms. The summed E-state index contributed by atoms with van der Waals surface area (Å²) in [6, 6.07) is 16.4. The van der Waals surface area contributed by atoms with Gasteiger partial charge in [0.2, 0.25) is 5.82 Å². The van der Waals surface area contributed by atoms with Crippen LogP contribution in [-0.2, 0) is 13.1 Å². The van der Waals surface area contributed by atoms with Gasteiger partial charge in [0.05, 0.1) is 12.2 Å². The van der Waals surface area contributed by atoms with Gasteiger partial charge in [-0.1, -0.05) is 80.8 Å². The van der Waals surface area contributed by atoms with E-state index in [9.17, 15) is 4.79 Å². The Labute approximate surface area is 205 Å². The monoisotopic (exact) mass is 468 g/mol. The van der Waals surface area contributed by atoms with Crippen LogP contribution in [0.3, 0.4) is 0 Å². The van der Waals surface area contributed by atoms with E-state index < -0.39 is 0 Å². The van der Waals surface area contributed by atoms with Gasteiger partial charge in [-0.25, -0.2) is 4.79 Å². The first-order valence-corrected chi connectivity index (χ1v) is 12.6. The molecule has 1 N–H and O–H groups in total. The largest absolute Gasteiger partial charge is 0.328 e. The van der Waals surface area contributed by atoms with Gasteiger partial charge in [-0.05, 0) is 53.2 Å². The molecular formula is C28H32N6O. The first-order valence-electron chi connectivity index (χ1n) is 12.6.